The molecule has 0 aromatic heterocycles. The molecule has 0 unspecified atom stereocenters. The van der Waals surface area contributed by atoms with E-state index in [1.54, 1.807) is 11.8 Å². The van der Waals surface area contributed by atoms with Crippen LogP contribution < -0.4 is 0 Å². The van der Waals surface area contributed by atoms with Crippen molar-refractivity contribution < 1.29 is 29.4 Å². The molecule has 2 heterocycles. The molecule has 1 amide bonds. The van der Waals surface area contributed by atoms with E-state index in [0.717, 1.165) is 57.7 Å². The Morgan fingerprint density at radius 1 is 1.15 bits per heavy atom. The van der Waals surface area contributed by atoms with Gasteiger partial charge in [-0.05, 0) is 63.5 Å². The number of amides is 1. The highest BCUT2D eigenvalue weighted by atomic mass is 16.6. The van der Waals surface area contributed by atoms with Crippen molar-refractivity contribution in [2.24, 2.45) is 5.16 Å². The summed E-state index contributed by atoms with van der Waals surface area (Å²) in [7, 11) is 0. The summed E-state index contributed by atoms with van der Waals surface area (Å²) in [5, 5.41) is 24.6. The molecular weight excluding hydrogens is 424 g/mol. The van der Waals surface area contributed by atoms with Gasteiger partial charge in [0.2, 0.25) is 0 Å². The first-order chi connectivity index (χ1) is 15.9. The molecule has 0 bridgehead atoms. The molecule has 0 aliphatic carbocycles. The number of oxime groups is 1. The number of cyclic esters (lactones) is 1. The van der Waals surface area contributed by atoms with Crippen molar-refractivity contribution in [3.8, 4) is 11.5 Å². The van der Waals surface area contributed by atoms with E-state index >= 15 is 0 Å². The molecule has 1 aromatic carbocycles. The van der Waals surface area contributed by atoms with Crippen LogP contribution in [0.25, 0.3) is 0 Å². The highest BCUT2D eigenvalue weighted by Gasteiger charge is 2.23. The van der Waals surface area contributed by atoms with Crippen LogP contribution in [0.1, 0.15) is 74.2 Å². The average molecular weight is 459 g/mol. The van der Waals surface area contributed by atoms with Gasteiger partial charge in [0.1, 0.15) is 23.2 Å². The standard InChI is InChI=1S/C25H34N2O6/c1-18-10-6-3-2-4-7-11-20(26-32-17-23(30)27-12-8-5-9-13-27)14-19-15-21(28)16-22(29)24(19)25(31)33-18/h3,6,15-16,18,28-29H,2,4-5,7-14,17H2,1H3/b6-3+,26-20+/t18-/m1/s1. The topological polar surface area (TPSA) is 109 Å². The lowest BCUT2D eigenvalue weighted by atomic mass is 9.97. The lowest BCUT2D eigenvalue weighted by Gasteiger charge is -2.26. The number of hydrogen-bond acceptors (Lipinski definition) is 7. The van der Waals surface area contributed by atoms with Crippen molar-refractivity contribution in [3.05, 3.63) is 35.4 Å². The molecule has 1 fully saturated rings. The number of carbonyl (C=O) groups is 2. The predicted octanol–water partition coefficient (Wildman–Crippen LogP) is 4.09. The van der Waals surface area contributed by atoms with Crippen molar-refractivity contribution in [1.82, 2.24) is 4.90 Å². The van der Waals surface area contributed by atoms with Gasteiger partial charge in [-0.2, -0.15) is 0 Å². The number of ether oxygens (including phenoxy) is 1. The van der Waals surface area contributed by atoms with E-state index in [9.17, 15) is 19.8 Å². The Balaban J connectivity index is 1.79. The smallest absolute Gasteiger partial charge is 0.342 e. The second kappa shape index (κ2) is 12.3. The lowest BCUT2D eigenvalue weighted by Crippen LogP contribution is -2.37. The zero-order chi connectivity index (χ0) is 23.6. The number of fused-ring (bicyclic) bond motifs is 1. The predicted molar refractivity (Wildman–Crippen MR) is 124 cm³/mol. The minimum absolute atomic E-state index is 0.0118. The Morgan fingerprint density at radius 3 is 2.73 bits per heavy atom. The molecule has 1 saturated heterocycles. The number of benzene rings is 1. The van der Waals surface area contributed by atoms with Crippen LogP contribution in [0.3, 0.4) is 0 Å². The monoisotopic (exact) mass is 458 g/mol. The first kappa shape index (κ1) is 24.6. The Hall–Kier alpha value is -3.03. The van der Waals surface area contributed by atoms with Crippen molar-refractivity contribution >= 4 is 17.6 Å². The van der Waals surface area contributed by atoms with Crippen molar-refractivity contribution in [3.63, 3.8) is 0 Å². The van der Waals surface area contributed by atoms with Gasteiger partial charge < -0.3 is 24.7 Å². The van der Waals surface area contributed by atoms with E-state index in [4.69, 9.17) is 9.57 Å². The highest BCUT2D eigenvalue weighted by Crippen LogP contribution is 2.30. The minimum Gasteiger partial charge on any atom is -0.508 e. The molecule has 2 N–H and O–H groups in total. The van der Waals surface area contributed by atoms with Gasteiger partial charge >= 0.3 is 5.97 Å². The molecule has 1 atom stereocenters. The second-order valence-corrected chi connectivity index (χ2v) is 8.72. The first-order valence-corrected chi connectivity index (χ1v) is 11.8. The number of likely N-dealkylation sites (tertiary alicyclic amines) is 1. The SMILES string of the molecule is C[C@@H]1C/C=C/CCCC/C(=N\OCC(=O)N2CCCCC2)Cc2cc(O)cc(O)c2C(=O)O1. The summed E-state index contributed by atoms with van der Waals surface area (Å²) in [5.74, 6) is -1.23. The number of aromatic hydroxyl groups is 2. The average Bonchev–Trinajstić information content (AvgIpc) is 2.77. The third-order valence-electron chi connectivity index (χ3n) is 5.90. The van der Waals surface area contributed by atoms with Crippen LogP contribution in [0.2, 0.25) is 0 Å². The van der Waals surface area contributed by atoms with Crippen LogP contribution in [0.4, 0.5) is 0 Å². The number of phenolic OH excluding ortho intramolecular Hbond substituents is 2. The Kier molecular flexibility index (Phi) is 9.15. The van der Waals surface area contributed by atoms with Gasteiger partial charge in [-0.15, -0.1) is 0 Å². The molecule has 33 heavy (non-hydrogen) atoms. The summed E-state index contributed by atoms with van der Waals surface area (Å²) < 4.78 is 5.50. The third kappa shape index (κ3) is 7.51. The number of piperidine rings is 1. The summed E-state index contributed by atoms with van der Waals surface area (Å²) in [6, 6.07) is 2.56. The summed E-state index contributed by atoms with van der Waals surface area (Å²) in [4.78, 5) is 32.4. The van der Waals surface area contributed by atoms with Crippen LogP contribution in [-0.2, 0) is 20.8 Å². The van der Waals surface area contributed by atoms with Crippen LogP contribution in [0.15, 0.2) is 29.4 Å². The number of rotatable bonds is 3. The molecule has 8 nitrogen and oxygen atoms in total. The Bertz CT molecular complexity index is 889. The molecule has 2 aliphatic heterocycles. The fraction of sp³-hybridized carbons (Fsp3) is 0.560. The maximum atomic E-state index is 12.8. The highest BCUT2D eigenvalue weighted by molar-refractivity contribution is 5.97. The lowest BCUT2D eigenvalue weighted by molar-refractivity contribution is -0.137. The van der Waals surface area contributed by atoms with Gasteiger partial charge in [-0.25, -0.2) is 4.79 Å². The fourth-order valence-corrected chi connectivity index (χ4v) is 4.13. The maximum absolute atomic E-state index is 12.8. The minimum atomic E-state index is -0.652. The number of esters is 1. The Labute approximate surface area is 194 Å². The van der Waals surface area contributed by atoms with Crippen LogP contribution >= 0.6 is 0 Å². The van der Waals surface area contributed by atoms with Gasteiger partial charge in [-0.1, -0.05) is 17.3 Å². The summed E-state index contributed by atoms with van der Waals surface area (Å²) >= 11 is 0. The second-order valence-electron chi connectivity index (χ2n) is 8.72. The molecule has 3 rings (SSSR count). The number of nitrogens with zero attached hydrogens (tertiary/aromatic N) is 2. The number of allylic oxidation sites excluding steroid dienone is 1. The molecule has 2 aliphatic rings. The Morgan fingerprint density at radius 2 is 1.94 bits per heavy atom. The van der Waals surface area contributed by atoms with E-state index in [0.29, 0.717) is 24.1 Å². The van der Waals surface area contributed by atoms with Crippen molar-refractivity contribution in [2.75, 3.05) is 19.7 Å². The maximum Gasteiger partial charge on any atom is 0.342 e. The first-order valence-electron chi connectivity index (χ1n) is 11.8. The van der Waals surface area contributed by atoms with Crippen molar-refractivity contribution in [1.29, 1.82) is 0 Å². The van der Waals surface area contributed by atoms with E-state index < -0.39 is 5.97 Å². The van der Waals surface area contributed by atoms with E-state index in [2.05, 4.69) is 11.2 Å². The normalized spacial score (nSPS) is 22.7. The summed E-state index contributed by atoms with van der Waals surface area (Å²) in [6.07, 6.45) is 11.0. The van der Waals surface area contributed by atoms with Gasteiger partial charge in [0, 0.05) is 32.0 Å². The van der Waals surface area contributed by atoms with Gasteiger partial charge in [0.05, 0.1) is 5.71 Å². The number of phenols is 2. The number of hydrogen-bond donors (Lipinski definition) is 2. The molecule has 0 saturated carbocycles. The van der Waals surface area contributed by atoms with Crippen LogP contribution in [-0.4, -0.2) is 58.5 Å². The van der Waals surface area contributed by atoms with E-state index in [1.807, 2.05) is 6.08 Å². The van der Waals surface area contributed by atoms with E-state index in [-0.39, 0.29) is 42.1 Å². The fourth-order valence-electron chi connectivity index (χ4n) is 4.13. The number of carbonyl (C=O) groups excluding carboxylic acids is 2. The zero-order valence-electron chi connectivity index (χ0n) is 19.3. The van der Waals surface area contributed by atoms with Crippen molar-refractivity contribution in [2.45, 2.75) is 70.8 Å². The van der Waals surface area contributed by atoms with Gasteiger partial charge in [-0.3, -0.25) is 4.79 Å². The van der Waals surface area contributed by atoms with Gasteiger partial charge in [0.25, 0.3) is 5.91 Å². The molecule has 0 spiro atoms. The molecular formula is C25H34N2O6. The van der Waals surface area contributed by atoms with Crippen LogP contribution in [0, 0.1) is 0 Å². The zero-order valence-corrected chi connectivity index (χ0v) is 19.3. The molecule has 1 aromatic rings. The molecule has 0 radical (unpaired) electrons. The molecule has 8 heteroatoms. The summed E-state index contributed by atoms with van der Waals surface area (Å²) in [5.41, 5.74) is 1.05. The van der Waals surface area contributed by atoms with E-state index in [1.165, 1.54) is 6.07 Å². The summed E-state index contributed by atoms with van der Waals surface area (Å²) in [6.45, 7) is 3.16. The largest absolute Gasteiger partial charge is 0.508 e. The van der Waals surface area contributed by atoms with Crippen LogP contribution in [0.5, 0.6) is 11.5 Å². The quantitative estimate of drug-likeness (QED) is 0.401. The molecule has 180 valence electrons. The van der Waals surface area contributed by atoms with Gasteiger partial charge in [0.15, 0.2) is 6.61 Å². The third-order valence-corrected chi connectivity index (χ3v) is 5.90.